The molecule has 4 amide bonds. The average molecular weight is 1300 g/mol. The number of aromatic carboxylic acids is 1. The van der Waals surface area contributed by atoms with Crippen molar-refractivity contribution >= 4 is 111 Å². The van der Waals surface area contributed by atoms with E-state index < -0.39 is 47.6 Å². The van der Waals surface area contributed by atoms with Gasteiger partial charge in [-0.3, -0.25) is 19.2 Å². The maximum absolute atomic E-state index is 12.9. The third-order valence-electron chi connectivity index (χ3n) is 12.2. The van der Waals surface area contributed by atoms with Crippen LogP contribution in [-0.2, 0) is 40.2 Å². The second kappa shape index (κ2) is 33.9. The quantitative estimate of drug-likeness (QED) is 0.0383. The minimum atomic E-state index is -1.30. The molecule has 8 aromatic carbocycles. The number of nitrogens with one attached hydrogen (secondary N) is 4. The van der Waals surface area contributed by atoms with Crippen LogP contribution in [0.15, 0.2) is 170 Å². The minimum Gasteiger partial charge on any atom is -0.508 e. The Labute approximate surface area is 529 Å². The Morgan fingerprint density at radius 2 is 0.852 bits per heavy atom. The molecule has 0 bridgehead atoms. The first-order chi connectivity index (χ1) is 41.9. The van der Waals surface area contributed by atoms with Gasteiger partial charge in [-0.15, -0.1) is 0 Å². The Morgan fingerprint density at radius 3 is 1.25 bits per heavy atom. The van der Waals surface area contributed by atoms with Gasteiger partial charge in [0.1, 0.15) is 23.3 Å². The van der Waals surface area contributed by atoms with E-state index in [1.54, 1.807) is 91.0 Å². The molecule has 1 atom stereocenters. The predicted octanol–water partition coefficient (Wildman–Crippen LogP) is 12.5. The maximum Gasteiger partial charge on any atom is 0.339 e. The summed E-state index contributed by atoms with van der Waals surface area (Å²) in [6.07, 6.45) is 0.924. The summed E-state index contributed by atoms with van der Waals surface area (Å²) in [5.41, 5.74) is 4.67. The molecule has 0 saturated carbocycles. The molecule has 24 heteroatoms. The summed E-state index contributed by atoms with van der Waals surface area (Å²) in [5.74, 6) is -4.96. The number of phenols is 3. The Balaban J connectivity index is 0.000000257. The highest BCUT2D eigenvalue weighted by Crippen LogP contribution is 2.27. The summed E-state index contributed by atoms with van der Waals surface area (Å²) < 4.78 is 9.03. The molecule has 1 unspecified atom stereocenters. The van der Waals surface area contributed by atoms with Crippen LogP contribution in [0.25, 0.3) is 0 Å². The van der Waals surface area contributed by atoms with E-state index in [-0.39, 0.29) is 95.4 Å². The molecule has 8 rings (SSSR count). The Hall–Kier alpha value is -9.63. The summed E-state index contributed by atoms with van der Waals surface area (Å²) in [6, 6.07) is 42.4. The molecule has 0 aromatic heterocycles. The highest BCUT2D eigenvalue weighted by Gasteiger charge is 2.24. The molecule has 0 saturated heterocycles. The van der Waals surface area contributed by atoms with Crippen molar-refractivity contribution in [2.75, 3.05) is 19.5 Å². The van der Waals surface area contributed by atoms with Crippen LogP contribution < -0.4 is 21.3 Å². The lowest BCUT2D eigenvalue weighted by molar-refractivity contribution is -0.139. The van der Waals surface area contributed by atoms with Gasteiger partial charge < -0.3 is 56.3 Å². The van der Waals surface area contributed by atoms with Crippen molar-refractivity contribution in [2.24, 2.45) is 0 Å². The van der Waals surface area contributed by atoms with Crippen LogP contribution in [0.4, 0.5) is 5.69 Å². The number of carbonyl (C=O) groups is 8. The van der Waals surface area contributed by atoms with E-state index in [2.05, 4.69) is 37.7 Å². The number of aryl methyl sites for hydroxylation is 1. The molecule has 0 heterocycles. The largest absolute Gasteiger partial charge is 0.508 e. The molecule has 0 aliphatic heterocycles. The number of carbonyl (C=O) groups excluding carboxylic acids is 6. The molecule has 9 N–H and O–H groups in total. The highest BCUT2D eigenvalue weighted by molar-refractivity contribution is 6.40. The number of esters is 2. The zero-order chi connectivity index (χ0) is 64.6. The van der Waals surface area contributed by atoms with Crippen LogP contribution in [0.3, 0.4) is 0 Å². The number of hydrogen-bond donors (Lipinski definition) is 9. The number of aromatic hydroxyl groups is 3. The first-order valence-electron chi connectivity index (χ1n) is 26.0. The van der Waals surface area contributed by atoms with Crippen LogP contribution in [0.5, 0.6) is 17.2 Å². The first-order valence-corrected chi connectivity index (χ1v) is 27.9. The maximum atomic E-state index is 12.9. The third kappa shape index (κ3) is 21.1. The normalized spacial score (nSPS) is 10.5. The van der Waals surface area contributed by atoms with Gasteiger partial charge in [0.25, 0.3) is 23.6 Å². The number of ether oxygens (including phenoxy) is 2. The number of methoxy groups -OCH3 is 2. The Kier molecular flexibility index (Phi) is 26.6. The van der Waals surface area contributed by atoms with E-state index in [4.69, 9.17) is 68.2 Å². The van der Waals surface area contributed by atoms with Gasteiger partial charge in [0.15, 0.2) is 0 Å². The van der Waals surface area contributed by atoms with E-state index in [0.29, 0.717) is 28.1 Å². The third-order valence-corrected chi connectivity index (χ3v) is 13.8. The number of amides is 4. The lowest BCUT2D eigenvalue weighted by Gasteiger charge is -2.16. The lowest BCUT2D eigenvalue weighted by Crippen LogP contribution is -2.42. The molecule has 456 valence electrons. The zero-order valence-electron chi connectivity index (χ0n) is 46.8. The summed E-state index contributed by atoms with van der Waals surface area (Å²) in [5, 5.41) is 57.4. The number of benzene rings is 8. The van der Waals surface area contributed by atoms with E-state index in [1.807, 2.05) is 12.1 Å². The van der Waals surface area contributed by atoms with Crippen LogP contribution in [0, 0.1) is 0 Å². The minimum absolute atomic E-state index is 0.00579. The topological polar surface area (TPSA) is 304 Å². The van der Waals surface area contributed by atoms with Gasteiger partial charge in [-0.2, -0.15) is 0 Å². The van der Waals surface area contributed by atoms with E-state index >= 15 is 0 Å². The van der Waals surface area contributed by atoms with Gasteiger partial charge >= 0.3 is 23.9 Å². The monoisotopic (exact) mass is 1290 g/mol. The molecule has 0 aliphatic rings. The number of carboxylic acid groups (broad SMARTS) is 2. The molecule has 0 spiro atoms. The summed E-state index contributed by atoms with van der Waals surface area (Å²) in [6.45, 7) is 2.49. The highest BCUT2D eigenvalue weighted by atomic mass is 35.5. The fourth-order valence-electron chi connectivity index (χ4n) is 7.68. The second-order valence-corrected chi connectivity index (χ2v) is 20.5. The van der Waals surface area contributed by atoms with Gasteiger partial charge in [0.2, 0.25) is 0 Å². The zero-order valence-corrected chi connectivity index (χ0v) is 50.6. The Morgan fingerprint density at radius 1 is 0.443 bits per heavy atom. The Bertz CT molecular complexity index is 3830. The second-order valence-electron chi connectivity index (χ2n) is 18.4. The first kappa shape index (κ1) is 69.1. The fraction of sp³-hybridized carbons (Fsp3) is 0.125. The lowest BCUT2D eigenvalue weighted by atomic mass is 10.0. The van der Waals surface area contributed by atoms with Gasteiger partial charge in [-0.05, 0) is 144 Å². The van der Waals surface area contributed by atoms with Crippen LogP contribution >= 0.6 is 58.0 Å². The van der Waals surface area contributed by atoms with E-state index in [0.717, 1.165) is 12.0 Å². The molecular formula is C64H55Cl5N4O15. The molecule has 88 heavy (non-hydrogen) atoms. The van der Waals surface area contributed by atoms with Crippen molar-refractivity contribution in [1.29, 1.82) is 0 Å². The molecule has 0 aliphatic carbocycles. The van der Waals surface area contributed by atoms with Crippen molar-refractivity contribution in [3.05, 3.63) is 256 Å². The smallest absolute Gasteiger partial charge is 0.339 e. The summed E-state index contributed by atoms with van der Waals surface area (Å²) >= 11 is 30.1. The van der Waals surface area contributed by atoms with Crippen molar-refractivity contribution in [2.45, 2.75) is 38.9 Å². The van der Waals surface area contributed by atoms with Crippen LogP contribution in [0.2, 0.25) is 25.1 Å². The van der Waals surface area contributed by atoms with Crippen molar-refractivity contribution in [3.63, 3.8) is 0 Å². The number of phenolic OH excluding ortho intramolecular Hbond substituents is 3. The average Bonchev–Trinajstić information content (AvgIpc) is 2.11. The SMILES string of the molecule is CCc1cccc(O)c1.COC(=O)c1ccc(C(=O)NCc2cccc(O)c2)cc1Cl.COC(=O)c1ccc(C(=O)O)cc1Cl.O=C(NCc1cccc(O)c1)c1ccc(C(=O)NC(Cc2ccc(NC(=O)c3c(Cl)cccc3Cl)cc2)C(=O)O)c(Cl)c1. The number of halogens is 5. The van der Waals surface area contributed by atoms with Crippen LogP contribution in [0.1, 0.15) is 102 Å². The number of hydrogen-bond acceptors (Lipinski definition) is 13. The van der Waals surface area contributed by atoms with Gasteiger partial charge in [0.05, 0.1) is 67.2 Å². The van der Waals surface area contributed by atoms with Gasteiger partial charge in [-0.25, -0.2) is 19.2 Å². The van der Waals surface area contributed by atoms with Gasteiger partial charge in [0, 0.05) is 36.3 Å². The molecular weight excluding hydrogens is 1240 g/mol. The van der Waals surface area contributed by atoms with Crippen molar-refractivity contribution < 1.29 is 73.4 Å². The summed E-state index contributed by atoms with van der Waals surface area (Å²) in [4.78, 5) is 95.1. The molecule has 0 fully saturated rings. The van der Waals surface area contributed by atoms with Crippen molar-refractivity contribution in [3.8, 4) is 17.2 Å². The van der Waals surface area contributed by atoms with Crippen LogP contribution in [-0.4, -0.2) is 93.3 Å². The number of aliphatic carboxylic acids is 1. The van der Waals surface area contributed by atoms with E-state index in [1.165, 1.54) is 86.5 Å². The van der Waals surface area contributed by atoms with Gasteiger partial charge in [-0.1, -0.05) is 120 Å². The predicted molar refractivity (Wildman–Crippen MR) is 333 cm³/mol. The standard InChI is InChI=1S/C31H24Cl3N3O6.C16H14ClNO4.C9H7ClO4.C8H10O/c32-23-5-2-6-24(33)27(23)30(41)36-20-10-7-17(8-11-20)14-26(31(42)43)37-29(40)22-12-9-19(15-25(22)34)28(39)35-16-18-3-1-4-21(38)13-18;1-22-16(21)13-6-5-11(8-14(13)17)15(20)18-9-10-3-2-4-12(19)7-10;1-14-9(13)6-3-2-5(8(11)12)4-7(6)10;1-2-7-4-3-5-8(9)6-7/h1-13,15,26,38H,14,16H2,(H,35,39)(H,36,41)(H,37,40)(H,42,43);2-8,19H,9H2,1H3,(H,18,20);2-4H,1H3,(H,11,12);3-6,9H,2H2,1H3. The number of anilines is 1. The molecule has 8 aromatic rings. The summed E-state index contributed by atoms with van der Waals surface area (Å²) in [7, 11) is 2.48. The fourth-order valence-corrected chi connectivity index (χ4v) is 9.03. The number of rotatable bonds is 17. The van der Waals surface area contributed by atoms with Crippen molar-refractivity contribution in [1.82, 2.24) is 16.0 Å². The number of carboxylic acids is 2. The molecule has 0 radical (unpaired) electrons. The molecule has 19 nitrogen and oxygen atoms in total. The van der Waals surface area contributed by atoms with E-state index in [9.17, 15) is 53.7 Å².